The lowest BCUT2D eigenvalue weighted by molar-refractivity contribution is -0.121. The Kier molecular flexibility index (Phi) is 9.24. The van der Waals surface area contributed by atoms with E-state index in [0.717, 1.165) is 11.4 Å². The fraction of sp³-hybridized carbons (Fsp3) is 0.333. The number of amides is 2. The molecule has 0 fully saturated rings. The van der Waals surface area contributed by atoms with Gasteiger partial charge in [-0.05, 0) is 44.5 Å². The van der Waals surface area contributed by atoms with Crippen LogP contribution in [0.3, 0.4) is 0 Å². The third-order valence-corrected chi connectivity index (χ3v) is 3.58. The molecule has 0 radical (unpaired) electrons. The zero-order valence-electron chi connectivity index (χ0n) is 15.9. The van der Waals surface area contributed by atoms with E-state index in [1.165, 1.54) is 0 Å². The van der Waals surface area contributed by atoms with Gasteiger partial charge in [-0.25, -0.2) is 5.84 Å². The van der Waals surface area contributed by atoms with E-state index in [4.69, 9.17) is 11.6 Å². The Balaban J connectivity index is 2.55. The summed E-state index contributed by atoms with van der Waals surface area (Å²) in [6.45, 7) is 4.03. The number of carbonyl (C=O) groups excluding carboxylic acids is 2. The summed E-state index contributed by atoms with van der Waals surface area (Å²) in [4.78, 5) is 31.2. The minimum Gasteiger partial charge on any atom is -0.383 e. The van der Waals surface area contributed by atoms with Crippen molar-refractivity contribution in [2.45, 2.75) is 26.7 Å². The first-order chi connectivity index (χ1) is 12.9. The largest absolute Gasteiger partial charge is 0.383 e. The van der Waals surface area contributed by atoms with Crippen LogP contribution in [-0.2, 0) is 4.79 Å². The third kappa shape index (κ3) is 8.15. The lowest BCUT2D eigenvalue weighted by Gasteiger charge is -2.07. The molecular formula is C18H27N7O2. The lowest BCUT2D eigenvalue weighted by Crippen LogP contribution is -2.31. The molecule has 0 aliphatic rings. The Morgan fingerprint density at radius 1 is 1.19 bits per heavy atom. The molecule has 7 N–H and O–H groups in total. The highest BCUT2D eigenvalue weighted by molar-refractivity contribution is 6.40. The van der Waals surface area contributed by atoms with Gasteiger partial charge in [0.1, 0.15) is 5.84 Å². The summed E-state index contributed by atoms with van der Waals surface area (Å²) in [6.07, 6.45) is 2.53. The number of nitrogens with one attached hydrogen (secondary N) is 3. The van der Waals surface area contributed by atoms with Crippen LogP contribution in [0.15, 0.2) is 46.1 Å². The van der Waals surface area contributed by atoms with Crippen molar-refractivity contribution >= 4 is 29.0 Å². The van der Waals surface area contributed by atoms with Crippen LogP contribution >= 0.6 is 0 Å². The Morgan fingerprint density at radius 3 is 2.44 bits per heavy atom. The predicted molar refractivity (Wildman–Crippen MR) is 108 cm³/mol. The van der Waals surface area contributed by atoms with Crippen molar-refractivity contribution in [1.82, 2.24) is 10.7 Å². The van der Waals surface area contributed by atoms with E-state index in [1.807, 2.05) is 12.3 Å². The minimum atomic E-state index is -0.257. The maximum absolute atomic E-state index is 12.0. The molecule has 27 heavy (non-hydrogen) atoms. The van der Waals surface area contributed by atoms with Crippen LogP contribution in [0.5, 0.6) is 0 Å². The first kappa shape index (κ1) is 21.8. The number of hydrogen-bond acceptors (Lipinski definition) is 6. The molecule has 0 saturated heterocycles. The van der Waals surface area contributed by atoms with Gasteiger partial charge in [-0.1, -0.05) is 0 Å². The normalized spacial score (nSPS) is 12.5. The van der Waals surface area contributed by atoms with Crippen molar-refractivity contribution in [3.63, 3.8) is 0 Å². The number of rotatable bonds is 9. The number of carbonyl (C=O) groups is 2. The molecule has 1 rings (SSSR count). The number of nitrogens with two attached hydrogens (primary N) is 2. The fourth-order valence-corrected chi connectivity index (χ4v) is 2.05. The van der Waals surface area contributed by atoms with Gasteiger partial charge in [-0.3, -0.25) is 25.0 Å². The van der Waals surface area contributed by atoms with Crippen LogP contribution in [0.4, 0.5) is 5.69 Å². The van der Waals surface area contributed by atoms with E-state index in [1.54, 1.807) is 44.4 Å². The van der Waals surface area contributed by atoms with Crippen molar-refractivity contribution in [2.24, 2.45) is 21.6 Å². The molecule has 0 aliphatic carbocycles. The topological polar surface area (TPSA) is 147 Å². The maximum atomic E-state index is 12.0. The molecule has 0 bridgehead atoms. The number of anilines is 1. The molecule has 1 aromatic rings. The molecule has 0 heterocycles. The fourth-order valence-electron chi connectivity index (χ4n) is 2.05. The zero-order valence-corrected chi connectivity index (χ0v) is 15.9. The number of benzene rings is 1. The van der Waals surface area contributed by atoms with Gasteiger partial charge in [-0.2, -0.15) is 0 Å². The van der Waals surface area contributed by atoms with Gasteiger partial charge in [-0.15, -0.1) is 0 Å². The summed E-state index contributed by atoms with van der Waals surface area (Å²) >= 11 is 0. The van der Waals surface area contributed by atoms with Gasteiger partial charge in [0.15, 0.2) is 0 Å². The Bertz CT molecular complexity index is 737. The summed E-state index contributed by atoms with van der Waals surface area (Å²) in [5.74, 6) is 4.93. The van der Waals surface area contributed by atoms with Crippen LogP contribution in [-0.4, -0.2) is 37.0 Å². The Hall–Kier alpha value is -3.20. The van der Waals surface area contributed by atoms with Gasteiger partial charge >= 0.3 is 0 Å². The van der Waals surface area contributed by atoms with Crippen molar-refractivity contribution in [3.05, 3.63) is 41.7 Å². The molecule has 146 valence electrons. The highest BCUT2D eigenvalue weighted by Crippen LogP contribution is 2.10. The first-order valence-corrected chi connectivity index (χ1v) is 8.46. The second-order valence-corrected chi connectivity index (χ2v) is 5.74. The molecule has 1 aromatic carbocycles. The van der Waals surface area contributed by atoms with Gasteiger partial charge in [0.25, 0.3) is 5.91 Å². The standard InChI is InChI=1S/C18H27N7O2/c1-12(24-13(2)17(19)21-3)11-23-15-8-6-14(7-9-15)18(27)22-10-4-5-16(26)25-20/h6-9,11,23H,4-5,10,20H2,1-3H3,(H2,19,21)(H,22,27)(H,25,26)/b12-11+,24-13?. The molecule has 0 spiro atoms. The van der Waals surface area contributed by atoms with E-state index in [0.29, 0.717) is 30.1 Å². The second kappa shape index (κ2) is 11.4. The Labute approximate surface area is 159 Å². The average molecular weight is 373 g/mol. The summed E-state index contributed by atoms with van der Waals surface area (Å²) in [7, 11) is 1.61. The molecule has 0 saturated carbocycles. The molecule has 0 unspecified atom stereocenters. The number of amidine groups is 1. The second-order valence-electron chi connectivity index (χ2n) is 5.74. The molecule has 9 heteroatoms. The van der Waals surface area contributed by atoms with Gasteiger partial charge in [0.05, 0.1) is 11.4 Å². The van der Waals surface area contributed by atoms with E-state index < -0.39 is 0 Å². The number of allylic oxidation sites excluding steroid dienone is 1. The van der Waals surface area contributed by atoms with Crippen LogP contribution in [0.25, 0.3) is 0 Å². The van der Waals surface area contributed by atoms with Crippen LogP contribution in [0.2, 0.25) is 0 Å². The number of nitrogens with zero attached hydrogens (tertiary/aromatic N) is 2. The monoisotopic (exact) mass is 373 g/mol. The van der Waals surface area contributed by atoms with Crippen LogP contribution in [0, 0.1) is 0 Å². The number of hydrogen-bond donors (Lipinski definition) is 5. The van der Waals surface area contributed by atoms with Gasteiger partial charge in [0, 0.05) is 37.5 Å². The summed E-state index contributed by atoms with van der Waals surface area (Å²) in [5, 5.41) is 5.86. The van der Waals surface area contributed by atoms with Gasteiger partial charge < -0.3 is 16.4 Å². The van der Waals surface area contributed by atoms with E-state index in [9.17, 15) is 9.59 Å². The van der Waals surface area contributed by atoms with Crippen molar-refractivity contribution in [1.29, 1.82) is 0 Å². The zero-order chi connectivity index (χ0) is 20.2. The maximum Gasteiger partial charge on any atom is 0.251 e. The summed E-state index contributed by atoms with van der Waals surface area (Å²) in [5.41, 5.74) is 10.5. The molecule has 2 amide bonds. The summed E-state index contributed by atoms with van der Waals surface area (Å²) < 4.78 is 0. The molecule has 0 aromatic heterocycles. The Morgan fingerprint density at radius 2 is 1.85 bits per heavy atom. The van der Waals surface area contributed by atoms with Crippen LogP contribution in [0.1, 0.15) is 37.0 Å². The molecule has 0 aliphatic heterocycles. The number of aliphatic imine (C=N–C) groups is 2. The highest BCUT2D eigenvalue weighted by Gasteiger charge is 2.05. The third-order valence-electron chi connectivity index (χ3n) is 3.58. The smallest absolute Gasteiger partial charge is 0.251 e. The van der Waals surface area contributed by atoms with Crippen molar-refractivity contribution in [3.8, 4) is 0 Å². The molecule has 0 atom stereocenters. The van der Waals surface area contributed by atoms with Crippen molar-refractivity contribution < 1.29 is 9.59 Å². The molecule has 9 nitrogen and oxygen atoms in total. The van der Waals surface area contributed by atoms with Gasteiger partial charge in [0.2, 0.25) is 5.91 Å². The lowest BCUT2D eigenvalue weighted by atomic mass is 10.2. The number of hydrazine groups is 1. The van der Waals surface area contributed by atoms with E-state index in [-0.39, 0.29) is 18.2 Å². The summed E-state index contributed by atoms with van der Waals surface area (Å²) in [6, 6.07) is 7.01. The minimum absolute atomic E-state index is 0.198. The van der Waals surface area contributed by atoms with E-state index >= 15 is 0 Å². The SMILES string of the molecule is CN=C(N)C(C)=N/C(C)=C/Nc1ccc(C(=O)NCCCC(=O)NN)cc1. The van der Waals surface area contributed by atoms with E-state index in [2.05, 4.69) is 20.6 Å². The predicted octanol–water partition coefficient (Wildman–Crippen LogP) is 0.908. The van der Waals surface area contributed by atoms with Crippen LogP contribution < -0.4 is 27.6 Å². The first-order valence-electron chi connectivity index (χ1n) is 8.46. The average Bonchev–Trinajstić information content (AvgIpc) is 2.68. The molecular weight excluding hydrogens is 346 g/mol. The quantitative estimate of drug-likeness (QED) is 0.109. The van der Waals surface area contributed by atoms with Crippen molar-refractivity contribution in [2.75, 3.05) is 18.9 Å². The highest BCUT2D eigenvalue weighted by atomic mass is 16.2.